The maximum Gasteiger partial charge on any atom is 0.223 e. The third-order valence-electron chi connectivity index (χ3n) is 7.25. The Balaban J connectivity index is 1.55. The van der Waals surface area contributed by atoms with E-state index in [9.17, 15) is 4.79 Å². The molecular formula is C29H31NO5. The van der Waals surface area contributed by atoms with Gasteiger partial charge in [-0.3, -0.25) is 4.79 Å². The molecule has 3 aromatic rings. The van der Waals surface area contributed by atoms with Crippen molar-refractivity contribution in [2.45, 2.75) is 37.8 Å². The molecule has 2 aliphatic heterocycles. The Morgan fingerprint density at radius 1 is 0.800 bits per heavy atom. The molecule has 2 heterocycles. The van der Waals surface area contributed by atoms with Crippen LogP contribution in [0.4, 0.5) is 0 Å². The summed E-state index contributed by atoms with van der Waals surface area (Å²) in [5.74, 6) is 3.01. The SMILES string of the molecule is COc1ccc(C[C@]23CCC(=O)N2CCc2cc(OC)c(OCc4ccccc4)cc23)cc1OC. The lowest BCUT2D eigenvalue weighted by Gasteiger charge is -2.44. The van der Waals surface area contributed by atoms with Gasteiger partial charge in [0.15, 0.2) is 23.0 Å². The van der Waals surface area contributed by atoms with E-state index in [1.807, 2.05) is 42.5 Å². The second kappa shape index (κ2) is 9.53. The van der Waals surface area contributed by atoms with E-state index in [0.29, 0.717) is 43.2 Å². The zero-order valence-corrected chi connectivity index (χ0v) is 20.5. The molecule has 0 aromatic heterocycles. The molecular weight excluding hydrogens is 442 g/mol. The van der Waals surface area contributed by atoms with Crippen LogP contribution in [0, 0.1) is 0 Å². The highest BCUT2D eigenvalue weighted by molar-refractivity contribution is 5.81. The molecule has 1 amide bonds. The van der Waals surface area contributed by atoms with Gasteiger partial charge in [-0.1, -0.05) is 36.4 Å². The van der Waals surface area contributed by atoms with Gasteiger partial charge < -0.3 is 23.8 Å². The Hall–Kier alpha value is -3.67. The summed E-state index contributed by atoms with van der Waals surface area (Å²) < 4.78 is 22.9. The molecule has 3 aromatic carbocycles. The lowest BCUT2D eigenvalue weighted by Crippen LogP contribution is -2.49. The lowest BCUT2D eigenvalue weighted by atomic mass is 9.76. The molecule has 0 N–H and O–H groups in total. The molecule has 2 aliphatic rings. The number of benzene rings is 3. The molecule has 1 atom stereocenters. The van der Waals surface area contributed by atoms with E-state index in [1.165, 1.54) is 5.56 Å². The lowest BCUT2D eigenvalue weighted by molar-refractivity contribution is -0.132. The minimum absolute atomic E-state index is 0.207. The van der Waals surface area contributed by atoms with Gasteiger partial charge in [0.2, 0.25) is 5.91 Å². The smallest absolute Gasteiger partial charge is 0.223 e. The number of carbonyl (C=O) groups is 1. The number of methoxy groups -OCH3 is 3. The Morgan fingerprint density at radius 2 is 1.54 bits per heavy atom. The summed E-state index contributed by atoms with van der Waals surface area (Å²) in [6.45, 7) is 1.15. The van der Waals surface area contributed by atoms with Crippen molar-refractivity contribution in [2.24, 2.45) is 0 Å². The molecule has 182 valence electrons. The number of hydrogen-bond acceptors (Lipinski definition) is 5. The molecule has 0 saturated carbocycles. The average molecular weight is 474 g/mol. The molecule has 0 unspecified atom stereocenters. The number of ether oxygens (including phenoxy) is 4. The van der Waals surface area contributed by atoms with Crippen LogP contribution in [0.25, 0.3) is 0 Å². The van der Waals surface area contributed by atoms with Crippen LogP contribution in [-0.2, 0) is 29.8 Å². The molecule has 1 saturated heterocycles. The first kappa shape index (κ1) is 23.1. The number of carbonyl (C=O) groups excluding carboxylic acids is 1. The number of rotatable bonds is 8. The number of hydrogen-bond donors (Lipinski definition) is 0. The molecule has 0 spiro atoms. The molecule has 5 rings (SSSR count). The zero-order chi connectivity index (χ0) is 24.4. The summed E-state index contributed by atoms with van der Waals surface area (Å²) in [5.41, 5.74) is 4.11. The van der Waals surface area contributed by atoms with Crippen molar-refractivity contribution in [3.63, 3.8) is 0 Å². The topological polar surface area (TPSA) is 57.2 Å². The van der Waals surface area contributed by atoms with E-state index < -0.39 is 5.54 Å². The number of amides is 1. The van der Waals surface area contributed by atoms with Gasteiger partial charge in [0.1, 0.15) is 6.61 Å². The van der Waals surface area contributed by atoms with Crippen LogP contribution in [0.5, 0.6) is 23.0 Å². The Labute approximate surface area is 206 Å². The largest absolute Gasteiger partial charge is 0.493 e. The maximum absolute atomic E-state index is 13.0. The van der Waals surface area contributed by atoms with Crippen molar-refractivity contribution in [3.05, 3.63) is 82.9 Å². The Morgan fingerprint density at radius 3 is 2.29 bits per heavy atom. The average Bonchev–Trinajstić information content (AvgIpc) is 3.23. The van der Waals surface area contributed by atoms with E-state index in [1.54, 1.807) is 21.3 Å². The van der Waals surface area contributed by atoms with E-state index >= 15 is 0 Å². The summed E-state index contributed by atoms with van der Waals surface area (Å²) in [5, 5.41) is 0. The minimum Gasteiger partial charge on any atom is -0.493 e. The highest BCUT2D eigenvalue weighted by Gasteiger charge is 2.50. The van der Waals surface area contributed by atoms with Crippen molar-refractivity contribution in [1.82, 2.24) is 4.90 Å². The minimum atomic E-state index is -0.429. The van der Waals surface area contributed by atoms with Gasteiger partial charge >= 0.3 is 0 Å². The van der Waals surface area contributed by atoms with Crippen molar-refractivity contribution < 1.29 is 23.7 Å². The standard InChI is InChI=1S/C29H31NO5/c1-32-24-10-9-21(15-25(24)33-2)18-29-13-11-28(31)30(29)14-12-22-16-26(34-3)27(17-23(22)29)35-19-20-7-5-4-6-8-20/h4-10,15-17H,11-14,18-19H2,1-3H3/t29-/m0/s1. The first-order chi connectivity index (χ1) is 17.1. The predicted molar refractivity (Wildman–Crippen MR) is 133 cm³/mol. The van der Waals surface area contributed by atoms with Crippen LogP contribution in [0.1, 0.15) is 35.1 Å². The fourth-order valence-corrected chi connectivity index (χ4v) is 5.53. The highest BCUT2D eigenvalue weighted by Crippen LogP contribution is 2.49. The highest BCUT2D eigenvalue weighted by atomic mass is 16.5. The molecule has 0 bridgehead atoms. The molecule has 1 fully saturated rings. The van der Waals surface area contributed by atoms with Gasteiger partial charge in [-0.15, -0.1) is 0 Å². The fraction of sp³-hybridized carbons (Fsp3) is 0.345. The Bertz CT molecular complexity index is 1230. The van der Waals surface area contributed by atoms with Crippen LogP contribution >= 0.6 is 0 Å². The van der Waals surface area contributed by atoms with Crippen LogP contribution in [0.3, 0.4) is 0 Å². The quantitative estimate of drug-likeness (QED) is 0.465. The van der Waals surface area contributed by atoms with Crippen LogP contribution in [0.2, 0.25) is 0 Å². The van der Waals surface area contributed by atoms with Crippen molar-refractivity contribution in [3.8, 4) is 23.0 Å². The van der Waals surface area contributed by atoms with Crippen molar-refractivity contribution >= 4 is 5.91 Å². The second-order valence-corrected chi connectivity index (χ2v) is 9.13. The summed E-state index contributed by atoms with van der Waals surface area (Å²) in [7, 11) is 4.95. The van der Waals surface area contributed by atoms with Gasteiger partial charge in [-0.05, 0) is 59.4 Å². The zero-order valence-electron chi connectivity index (χ0n) is 20.5. The first-order valence-corrected chi connectivity index (χ1v) is 12.0. The van der Waals surface area contributed by atoms with E-state index in [0.717, 1.165) is 35.3 Å². The van der Waals surface area contributed by atoms with Gasteiger partial charge in [0, 0.05) is 19.4 Å². The molecule has 6 heteroatoms. The fourth-order valence-electron chi connectivity index (χ4n) is 5.53. The molecule has 6 nitrogen and oxygen atoms in total. The summed E-state index contributed by atoms with van der Waals surface area (Å²) in [4.78, 5) is 15.1. The van der Waals surface area contributed by atoms with E-state index in [4.69, 9.17) is 18.9 Å². The van der Waals surface area contributed by atoms with Crippen LogP contribution in [0.15, 0.2) is 60.7 Å². The molecule has 0 aliphatic carbocycles. The third kappa shape index (κ3) is 4.18. The van der Waals surface area contributed by atoms with Crippen molar-refractivity contribution in [1.29, 1.82) is 0 Å². The summed E-state index contributed by atoms with van der Waals surface area (Å²) in [6, 6.07) is 20.3. The van der Waals surface area contributed by atoms with Crippen LogP contribution < -0.4 is 18.9 Å². The molecule has 35 heavy (non-hydrogen) atoms. The van der Waals surface area contributed by atoms with Gasteiger partial charge in [0.05, 0.1) is 26.9 Å². The van der Waals surface area contributed by atoms with Gasteiger partial charge in [-0.2, -0.15) is 0 Å². The second-order valence-electron chi connectivity index (χ2n) is 9.13. The monoisotopic (exact) mass is 473 g/mol. The van der Waals surface area contributed by atoms with E-state index in [-0.39, 0.29) is 5.91 Å². The number of nitrogens with zero attached hydrogens (tertiary/aromatic N) is 1. The van der Waals surface area contributed by atoms with Gasteiger partial charge in [-0.25, -0.2) is 0 Å². The van der Waals surface area contributed by atoms with E-state index in [2.05, 4.69) is 23.1 Å². The maximum atomic E-state index is 13.0. The number of fused-ring (bicyclic) bond motifs is 3. The Kier molecular flexibility index (Phi) is 6.29. The normalized spacial score (nSPS) is 18.6. The molecule has 0 radical (unpaired) electrons. The van der Waals surface area contributed by atoms with Gasteiger partial charge in [0.25, 0.3) is 0 Å². The van der Waals surface area contributed by atoms with Crippen LogP contribution in [-0.4, -0.2) is 38.7 Å². The van der Waals surface area contributed by atoms with Crippen molar-refractivity contribution in [2.75, 3.05) is 27.9 Å². The third-order valence-corrected chi connectivity index (χ3v) is 7.25. The predicted octanol–water partition coefficient (Wildman–Crippen LogP) is 4.91. The first-order valence-electron chi connectivity index (χ1n) is 12.0. The summed E-state index contributed by atoms with van der Waals surface area (Å²) >= 11 is 0. The summed E-state index contributed by atoms with van der Waals surface area (Å²) in [6.07, 6.45) is 2.79.